The number of fused-ring (bicyclic) bond motifs is 1. The van der Waals surface area contributed by atoms with Gasteiger partial charge < -0.3 is 34.6 Å². The van der Waals surface area contributed by atoms with Gasteiger partial charge >= 0.3 is 15.2 Å². The van der Waals surface area contributed by atoms with E-state index in [1.165, 1.54) is 16.8 Å². The number of rotatable bonds is 4. The summed E-state index contributed by atoms with van der Waals surface area (Å²) >= 11 is 0. The van der Waals surface area contributed by atoms with Crippen LogP contribution in [0.4, 0.5) is 0 Å². The second-order valence-electron chi connectivity index (χ2n) is 4.22. The molecule has 0 unspecified atom stereocenters. The quantitative estimate of drug-likeness (QED) is 0.441. The summed E-state index contributed by atoms with van der Waals surface area (Å²) in [4.78, 5) is 40.2. The fourth-order valence-corrected chi connectivity index (χ4v) is 3.83. The van der Waals surface area contributed by atoms with Gasteiger partial charge in [-0.3, -0.25) is 9.13 Å². The highest BCUT2D eigenvalue weighted by molar-refractivity contribution is 7.72. The monoisotopic (exact) mass is 340 g/mol. The molecule has 2 heterocycles. The summed E-state index contributed by atoms with van der Waals surface area (Å²) in [5, 5.41) is 6.37. The van der Waals surface area contributed by atoms with E-state index in [2.05, 4.69) is 4.98 Å². The second-order valence-corrected chi connectivity index (χ2v) is 8.23. The van der Waals surface area contributed by atoms with Crippen molar-refractivity contribution < 1.29 is 39.3 Å². The fourth-order valence-electron chi connectivity index (χ4n) is 1.73. The number of aliphatic hydroxyl groups is 1. The molecule has 0 aliphatic heterocycles. The van der Waals surface area contributed by atoms with Gasteiger partial charge in [0.15, 0.2) is 0 Å². The first-order chi connectivity index (χ1) is 9.06. The van der Waals surface area contributed by atoms with Gasteiger partial charge in [0.2, 0.25) is 0 Å². The van der Waals surface area contributed by atoms with Crippen molar-refractivity contribution in [1.29, 1.82) is 0 Å². The Morgan fingerprint density at radius 3 is 2.24 bits per heavy atom. The molecule has 0 saturated carbocycles. The minimum absolute atomic E-state index is 0. The van der Waals surface area contributed by atoms with E-state index in [0.717, 1.165) is 0 Å². The third kappa shape index (κ3) is 3.08. The largest absolute Gasteiger partial charge is 0.412 e. The SMILES string of the molecule is O.O=P(O)(O)C(O)(Cc1cnc2ccccn12)P(=O)(O)O. The lowest BCUT2D eigenvalue weighted by Gasteiger charge is -2.28. The predicted molar refractivity (Wildman–Crippen MR) is 71.5 cm³/mol. The Labute approximate surface area is 118 Å². The molecular weight excluding hydrogens is 326 g/mol. The molecule has 21 heavy (non-hydrogen) atoms. The lowest BCUT2D eigenvalue weighted by molar-refractivity contribution is 0.130. The molecule has 7 N–H and O–H groups in total. The van der Waals surface area contributed by atoms with Gasteiger partial charge in [-0.1, -0.05) is 6.07 Å². The Bertz CT molecular complexity index is 710. The van der Waals surface area contributed by atoms with Crippen LogP contribution in [0.5, 0.6) is 0 Å². The summed E-state index contributed by atoms with van der Waals surface area (Å²) in [6, 6.07) is 4.87. The summed E-state index contributed by atoms with van der Waals surface area (Å²) in [7, 11) is -11.0. The summed E-state index contributed by atoms with van der Waals surface area (Å²) in [6.45, 7) is 0. The van der Waals surface area contributed by atoms with Crippen molar-refractivity contribution in [3.05, 3.63) is 36.3 Å². The van der Waals surface area contributed by atoms with Gasteiger partial charge in [0.05, 0.1) is 0 Å². The number of hydrogen-bond acceptors (Lipinski definition) is 4. The third-order valence-electron chi connectivity index (χ3n) is 2.84. The minimum atomic E-state index is -5.48. The van der Waals surface area contributed by atoms with Crippen LogP contribution in [0.3, 0.4) is 0 Å². The number of hydrogen-bond donors (Lipinski definition) is 5. The van der Waals surface area contributed by atoms with Crippen molar-refractivity contribution in [1.82, 2.24) is 9.38 Å². The maximum Gasteiger partial charge on any atom is 0.369 e. The molecule has 0 bridgehead atoms. The predicted octanol–water partition coefficient (Wildman–Crippen LogP) is -0.946. The molecule has 0 amide bonds. The van der Waals surface area contributed by atoms with Crippen molar-refractivity contribution in [2.24, 2.45) is 0 Å². The molecule has 0 aliphatic rings. The summed E-state index contributed by atoms with van der Waals surface area (Å²) in [5.41, 5.74) is 0.482. The Hall–Kier alpha value is -1.09. The molecule has 118 valence electrons. The van der Waals surface area contributed by atoms with Crippen molar-refractivity contribution in [2.75, 3.05) is 0 Å². The van der Waals surface area contributed by atoms with Crippen LogP contribution >= 0.6 is 15.2 Å². The van der Waals surface area contributed by atoms with Crippen LogP contribution in [0.2, 0.25) is 0 Å². The van der Waals surface area contributed by atoms with Crippen LogP contribution in [0.25, 0.3) is 5.65 Å². The van der Waals surface area contributed by atoms with Crippen molar-refractivity contribution >= 4 is 20.8 Å². The van der Waals surface area contributed by atoms with E-state index >= 15 is 0 Å². The van der Waals surface area contributed by atoms with Gasteiger partial charge in [0.25, 0.3) is 5.08 Å². The van der Waals surface area contributed by atoms with E-state index in [0.29, 0.717) is 5.65 Å². The molecule has 2 rings (SSSR count). The number of imidazole rings is 1. The molecule has 2 aromatic heterocycles. The average Bonchev–Trinajstić information content (AvgIpc) is 2.70. The topological polar surface area (TPSA) is 184 Å². The van der Waals surface area contributed by atoms with Gasteiger partial charge in [0.1, 0.15) is 5.65 Å². The smallest absolute Gasteiger partial charge is 0.369 e. The lowest BCUT2D eigenvalue weighted by Crippen LogP contribution is -2.31. The Morgan fingerprint density at radius 2 is 1.71 bits per heavy atom. The molecule has 0 spiro atoms. The average molecular weight is 340 g/mol. The van der Waals surface area contributed by atoms with E-state index in [-0.39, 0.29) is 11.2 Å². The second kappa shape index (κ2) is 5.60. The van der Waals surface area contributed by atoms with Crippen molar-refractivity contribution in [2.45, 2.75) is 11.5 Å². The Morgan fingerprint density at radius 1 is 1.14 bits per heavy atom. The Kier molecular flexibility index (Phi) is 4.79. The first kappa shape index (κ1) is 18.0. The van der Waals surface area contributed by atoms with Crippen molar-refractivity contribution in [3.8, 4) is 0 Å². The number of nitrogens with zero attached hydrogens (tertiary/aromatic N) is 2. The zero-order valence-corrected chi connectivity index (χ0v) is 12.2. The van der Waals surface area contributed by atoms with Gasteiger partial charge in [-0.2, -0.15) is 0 Å². The molecule has 12 heteroatoms. The van der Waals surface area contributed by atoms with E-state index in [1.54, 1.807) is 18.2 Å². The van der Waals surface area contributed by atoms with Crippen LogP contribution in [-0.2, 0) is 15.6 Å². The normalized spacial score (nSPS) is 13.2. The maximum atomic E-state index is 11.3. The molecule has 0 atom stereocenters. The molecule has 0 fully saturated rings. The molecule has 0 aromatic carbocycles. The van der Waals surface area contributed by atoms with Gasteiger partial charge in [-0.25, -0.2) is 4.98 Å². The van der Waals surface area contributed by atoms with Gasteiger partial charge in [-0.15, -0.1) is 0 Å². The summed E-state index contributed by atoms with van der Waals surface area (Å²) in [6.07, 6.45) is 1.75. The van der Waals surface area contributed by atoms with E-state index in [9.17, 15) is 14.2 Å². The Balaban J connectivity index is 0.00000220. The summed E-state index contributed by atoms with van der Waals surface area (Å²) < 4.78 is 23.9. The molecular formula is C9H14N2O8P2. The van der Waals surface area contributed by atoms with Crippen molar-refractivity contribution in [3.63, 3.8) is 0 Å². The molecule has 2 aromatic rings. The fraction of sp³-hybridized carbons (Fsp3) is 0.222. The molecule has 0 aliphatic carbocycles. The highest BCUT2D eigenvalue weighted by atomic mass is 31.2. The standard InChI is InChI=1S/C9H12N2O7P2.H2O/c12-9(19(13,14)15,20(16,17)18)5-7-6-10-8-3-1-2-4-11(7)8;/h1-4,6,12H,5H2,(H2,13,14,15)(H2,16,17,18);1H2. The van der Waals surface area contributed by atoms with Gasteiger partial charge in [-0.05, 0) is 12.1 Å². The lowest BCUT2D eigenvalue weighted by atomic mass is 10.3. The van der Waals surface area contributed by atoms with E-state index in [1.807, 2.05) is 0 Å². The van der Waals surface area contributed by atoms with E-state index < -0.39 is 26.7 Å². The first-order valence-electron chi connectivity index (χ1n) is 5.31. The van der Waals surface area contributed by atoms with Crippen LogP contribution in [-0.4, -0.2) is 44.6 Å². The molecule has 0 radical (unpaired) electrons. The third-order valence-corrected chi connectivity index (χ3v) is 6.59. The van der Waals surface area contributed by atoms with Crippen LogP contribution in [0.15, 0.2) is 30.6 Å². The number of pyridine rings is 1. The maximum absolute atomic E-state index is 11.3. The number of aromatic nitrogens is 2. The first-order valence-corrected chi connectivity index (χ1v) is 8.53. The van der Waals surface area contributed by atoms with Crippen LogP contribution in [0.1, 0.15) is 5.69 Å². The van der Waals surface area contributed by atoms with Gasteiger partial charge in [0, 0.05) is 24.5 Å². The molecule has 0 saturated heterocycles. The van der Waals surface area contributed by atoms with E-state index in [4.69, 9.17) is 19.6 Å². The highest BCUT2D eigenvalue weighted by Crippen LogP contribution is 2.68. The zero-order valence-electron chi connectivity index (χ0n) is 10.4. The minimum Gasteiger partial charge on any atom is -0.412 e. The molecule has 10 nitrogen and oxygen atoms in total. The summed E-state index contributed by atoms with van der Waals surface area (Å²) in [5.74, 6) is 0. The zero-order chi connectivity index (χ0) is 15.2. The van der Waals surface area contributed by atoms with Crippen LogP contribution < -0.4 is 0 Å². The van der Waals surface area contributed by atoms with Crippen LogP contribution in [0, 0.1) is 0 Å². The highest BCUT2D eigenvalue weighted by Gasteiger charge is 2.59.